The summed E-state index contributed by atoms with van der Waals surface area (Å²) in [5, 5.41) is 1.96. The zero-order chi connectivity index (χ0) is 19.1. The quantitative estimate of drug-likeness (QED) is 0.601. The van der Waals surface area contributed by atoms with E-state index in [0.717, 1.165) is 28.5 Å². The predicted molar refractivity (Wildman–Crippen MR) is 103 cm³/mol. The lowest BCUT2D eigenvalue weighted by molar-refractivity contribution is -0.160. The van der Waals surface area contributed by atoms with Crippen LogP contribution in [-0.4, -0.2) is 6.18 Å². The number of nitrogens with two attached hydrogens (primary N) is 1. The fourth-order valence-electron chi connectivity index (χ4n) is 3.11. The van der Waals surface area contributed by atoms with Crippen LogP contribution in [0.25, 0.3) is 5.57 Å². The van der Waals surface area contributed by atoms with Gasteiger partial charge in [0.15, 0.2) is 0 Å². The highest BCUT2D eigenvalue weighted by molar-refractivity contribution is 8.03. The standard InChI is InChI=1S/C19H16Cl2F3NS/c1-11-4-12(2-3-13(11)9-25)14-8-18(26-10-14,19(22,23)24)15-5-16(20)7-17(21)6-15/h2-7,10H,8-9,25H2,1H3. The molecule has 2 aromatic carbocycles. The van der Waals surface area contributed by atoms with Crippen LogP contribution in [-0.2, 0) is 11.3 Å². The average molecular weight is 418 g/mol. The van der Waals surface area contributed by atoms with Crippen LogP contribution < -0.4 is 5.73 Å². The molecule has 0 aromatic heterocycles. The second-order valence-corrected chi connectivity index (χ2v) is 8.31. The highest BCUT2D eigenvalue weighted by atomic mass is 35.5. The molecule has 0 fully saturated rings. The van der Waals surface area contributed by atoms with Gasteiger partial charge < -0.3 is 5.73 Å². The van der Waals surface area contributed by atoms with Crippen molar-refractivity contribution in [2.24, 2.45) is 5.73 Å². The molecule has 1 nitrogen and oxygen atoms in total. The van der Waals surface area contributed by atoms with E-state index in [9.17, 15) is 13.2 Å². The lowest BCUT2D eigenvalue weighted by atomic mass is 9.88. The number of benzene rings is 2. The van der Waals surface area contributed by atoms with E-state index in [4.69, 9.17) is 28.9 Å². The van der Waals surface area contributed by atoms with Gasteiger partial charge in [-0.25, -0.2) is 0 Å². The number of allylic oxidation sites excluding steroid dienone is 1. The Kier molecular flexibility index (Phi) is 5.37. The summed E-state index contributed by atoms with van der Waals surface area (Å²) < 4.78 is 40.2. The number of hydrogen-bond acceptors (Lipinski definition) is 2. The van der Waals surface area contributed by atoms with E-state index in [1.54, 1.807) is 5.41 Å². The summed E-state index contributed by atoms with van der Waals surface area (Å²) in [5.41, 5.74) is 9.07. The molecular formula is C19H16Cl2F3NS. The molecule has 7 heteroatoms. The summed E-state index contributed by atoms with van der Waals surface area (Å²) in [6, 6.07) is 9.67. The Labute approximate surface area is 164 Å². The number of thioether (sulfide) groups is 1. The van der Waals surface area contributed by atoms with Crippen molar-refractivity contribution in [2.75, 3.05) is 0 Å². The number of rotatable bonds is 3. The molecular weight excluding hydrogens is 402 g/mol. The molecule has 1 aliphatic rings. The van der Waals surface area contributed by atoms with E-state index in [1.165, 1.54) is 18.2 Å². The molecule has 3 rings (SSSR count). The van der Waals surface area contributed by atoms with Crippen LogP contribution >= 0.6 is 35.0 Å². The Bertz CT molecular complexity index is 859. The molecule has 1 aliphatic heterocycles. The zero-order valence-corrected chi connectivity index (χ0v) is 16.2. The van der Waals surface area contributed by atoms with Gasteiger partial charge in [-0.2, -0.15) is 13.2 Å². The average Bonchev–Trinajstić information content (AvgIpc) is 3.00. The van der Waals surface area contributed by atoms with E-state index in [1.807, 2.05) is 25.1 Å². The van der Waals surface area contributed by atoms with Gasteiger partial charge in [-0.15, -0.1) is 11.8 Å². The largest absolute Gasteiger partial charge is 0.407 e. The maximum absolute atomic E-state index is 14.1. The molecule has 2 N–H and O–H groups in total. The summed E-state index contributed by atoms with van der Waals surface area (Å²) >= 11 is 12.7. The summed E-state index contributed by atoms with van der Waals surface area (Å²) in [5.74, 6) is 0. The molecule has 0 saturated carbocycles. The Morgan fingerprint density at radius 2 is 1.77 bits per heavy atom. The summed E-state index contributed by atoms with van der Waals surface area (Å²) in [6.45, 7) is 2.30. The van der Waals surface area contributed by atoms with E-state index in [2.05, 4.69) is 0 Å². The third kappa shape index (κ3) is 3.50. The zero-order valence-electron chi connectivity index (χ0n) is 13.8. The first-order valence-corrected chi connectivity index (χ1v) is 9.50. The second kappa shape index (κ2) is 7.12. The third-order valence-corrected chi connectivity index (χ3v) is 6.41. The topological polar surface area (TPSA) is 26.0 Å². The van der Waals surface area contributed by atoms with Crippen molar-refractivity contribution in [2.45, 2.75) is 30.8 Å². The van der Waals surface area contributed by atoms with Gasteiger partial charge in [0, 0.05) is 23.0 Å². The highest BCUT2D eigenvalue weighted by Gasteiger charge is 2.58. The fraction of sp³-hybridized carbons (Fsp3) is 0.263. The summed E-state index contributed by atoms with van der Waals surface area (Å²) in [7, 11) is 0. The van der Waals surface area contributed by atoms with Gasteiger partial charge in [0.2, 0.25) is 0 Å². The van der Waals surface area contributed by atoms with Gasteiger partial charge in [-0.3, -0.25) is 0 Å². The van der Waals surface area contributed by atoms with Crippen molar-refractivity contribution in [1.82, 2.24) is 0 Å². The molecule has 2 aromatic rings. The van der Waals surface area contributed by atoms with E-state index < -0.39 is 10.9 Å². The van der Waals surface area contributed by atoms with Crippen LogP contribution in [0.15, 0.2) is 41.8 Å². The minimum absolute atomic E-state index is 0.0639. The van der Waals surface area contributed by atoms with Gasteiger partial charge in [-0.1, -0.05) is 41.4 Å². The minimum atomic E-state index is -4.46. The normalized spacial score (nSPS) is 20.3. The number of halogens is 5. The van der Waals surface area contributed by atoms with Gasteiger partial charge in [0.1, 0.15) is 4.75 Å². The molecule has 0 radical (unpaired) electrons. The molecule has 0 saturated heterocycles. The molecule has 1 atom stereocenters. The Hall–Kier alpha value is -1.14. The third-order valence-electron chi connectivity index (χ3n) is 4.56. The molecule has 1 unspecified atom stereocenters. The lowest BCUT2D eigenvalue weighted by Crippen LogP contribution is -2.37. The first-order valence-electron chi connectivity index (χ1n) is 7.86. The summed E-state index contributed by atoms with van der Waals surface area (Å²) in [4.78, 5) is 0. The SMILES string of the molecule is Cc1cc(C2=CSC(c3cc(Cl)cc(Cl)c3)(C(F)(F)F)C2)ccc1CN. The van der Waals surface area contributed by atoms with Crippen LogP contribution in [0.3, 0.4) is 0 Å². The van der Waals surface area contributed by atoms with Gasteiger partial charge in [-0.05, 0) is 58.4 Å². The molecule has 26 heavy (non-hydrogen) atoms. The van der Waals surface area contributed by atoms with Gasteiger partial charge >= 0.3 is 6.18 Å². The molecule has 0 spiro atoms. The monoisotopic (exact) mass is 417 g/mol. The fourth-order valence-corrected chi connectivity index (χ4v) is 4.82. The van der Waals surface area contributed by atoms with Crippen molar-refractivity contribution in [3.63, 3.8) is 0 Å². The van der Waals surface area contributed by atoms with Crippen LogP contribution in [0, 0.1) is 6.92 Å². The van der Waals surface area contributed by atoms with E-state index >= 15 is 0 Å². The molecule has 0 amide bonds. The Morgan fingerprint density at radius 3 is 2.31 bits per heavy atom. The first kappa shape index (κ1) is 19.6. The maximum atomic E-state index is 14.1. The van der Waals surface area contributed by atoms with Crippen LogP contribution in [0.1, 0.15) is 28.7 Å². The molecule has 138 valence electrons. The Balaban J connectivity index is 2.02. The maximum Gasteiger partial charge on any atom is 0.407 e. The lowest BCUT2D eigenvalue weighted by Gasteiger charge is -2.32. The molecule has 1 heterocycles. The van der Waals surface area contributed by atoms with Crippen LogP contribution in [0.4, 0.5) is 13.2 Å². The smallest absolute Gasteiger partial charge is 0.326 e. The van der Waals surface area contributed by atoms with Crippen molar-refractivity contribution in [3.05, 3.63) is 74.1 Å². The van der Waals surface area contributed by atoms with Crippen molar-refractivity contribution in [3.8, 4) is 0 Å². The minimum Gasteiger partial charge on any atom is -0.326 e. The number of alkyl halides is 3. The predicted octanol–water partition coefficient (Wildman–Crippen LogP) is 6.70. The second-order valence-electron chi connectivity index (χ2n) is 6.27. The van der Waals surface area contributed by atoms with Gasteiger partial charge in [0.25, 0.3) is 0 Å². The van der Waals surface area contributed by atoms with E-state index in [-0.39, 0.29) is 22.0 Å². The summed E-state index contributed by atoms with van der Waals surface area (Å²) in [6.07, 6.45) is -4.64. The molecule has 0 bridgehead atoms. The van der Waals surface area contributed by atoms with Gasteiger partial charge in [0.05, 0.1) is 0 Å². The first-order chi connectivity index (χ1) is 12.2. The molecule has 0 aliphatic carbocycles. The van der Waals surface area contributed by atoms with E-state index in [0.29, 0.717) is 12.1 Å². The van der Waals surface area contributed by atoms with Crippen molar-refractivity contribution >= 4 is 40.5 Å². The van der Waals surface area contributed by atoms with Crippen LogP contribution in [0.2, 0.25) is 10.0 Å². The van der Waals surface area contributed by atoms with Crippen molar-refractivity contribution < 1.29 is 13.2 Å². The number of aryl methyl sites for hydroxylation is 1. The van der Waals surface area contributed by atoms with Crippen molar-refractivity contribution in [1.29, 1.82) is 0 Å². The van der Waals surface area contributed by atoms with Crippen LogP contribution in [0.5, 0.6) is 0 Å². The highest BCUT2D eigenvalue weighted by Crippen LogP contribution is 2.60. The Morgan fingerprint density at radius 1 is 1.12 bits per heavy atom. The number of hydrogen-bond donors (Lipinski definition) is 1.